The molecule has 0 spiro atoms. The minimum Gasteiger partial charge on any atom is -0.480 e. The summed E-state index contributed by atoms with van der Waals surface area (Å²) < 4.78 is 0. The van der Waals surface area contributed by atoms with Crippen molar-refractivity contribution < 1.29 is 19.8 Å². The van der Waals surface area contributed by atoms with E-state index in [-0.39, 0.29) is 12.1 Å². The average Bonchev–Trinajstić information content (AvgIpc) is 2.39. The molecule has 6 nitrogen and oxygen atoms in total. The zero-order chi connectivity index (χ0) is 13.1. The third-order valence-corrected chi connectivity index (χ3v) is 4.42. The summed E-state index contributed by atoms with van der Waals surface area (Å²) in [6.45, 7) is 1.51. The van der Waals surface area contributed by atoms with Gasteiger partial charge in [-0.15, -0.1) is 0 Å². The summed E-state index contributed by atoms with van der Waals surface area (Å²) >= 11 is 1.57. The summed E-state index contributed by atoms with van der Waals surface area (Å²) in [5.74, 6) is 0.302. The molecule has 2 heterocycles. The van der Waals surface area contributed by atoms with Gasteiger partial charge in [-0.05, 0) is 12.8 Å². The van der Waals surface area contributed by atoms with Crippen molar-refractivity contribution in [2.24, 2.45) is 0 Å². The number of aliphatic hydroxyl groups excluding tert-OH is 1. The Morgan fingerprint density at radius 2 is 1.83 bits per heavy atom. The lowest BCUT2D eigenvalue weighted by Crippen LogP contribution is -2.56. The van der Waals surface area contributed by atoms with Crippen LogP contribution in [-0.4, -0.2) is 75.3 Å². The number of amides is 2. The molecular weight excluding hydrogens is 256 g/mol. The lowest BCUT2D eigenvalue weighted by Gasteiger charge is -2.38. The topological polar surface area (TPSA) is 81.1 Å². The lowest BCUT2D eigenvalue weighted by atomic mass is 10.1. The summed E-state index contributed by atoms with van der Waals surface area (Å²) in [6.07, 6.45) is 0.819. The van der Waals surface area contributed by atoms with Gasteiger partial charge in [-0.1, -0.05) is 0 Å². The van der Waals surface area contributed by atoms with Gasteiger partial charge in [0.1, 0.15) is 6.04 Å². The van der Waals surface area contributed by atoms with Gasteiger partial charge >= 0.3 is 12.0 Å². The van der Waals surface area contributed by atoms with Gasteiger partial charge < -0.3 is 20.0 Å². The number of aliphatic hydroxyl groups is 1. The maximum Gasteiger partial charge on any atom is 0.327 e. The van der Waals surface area contributed by atoms with Gasteiger partial charge in [0.25, 0.3) is 0 Å². The fourth-order valence-electron chi connectivity index (χ4n) is 2.28. The summed E-state index contributed by atoms with van der Waals surface area (Å²) in [5.41, 5.74) is 0. The zero-order valence-electron chi connectivity index (χ0n) is 10.1. The van der Waals surface area contributed by atoms with E-state index in [2.05, 4.69) is 0 Å². The average molecular weight is 274 g/mol. The van der Waals surface area contributed by atoms with Crippen LogP contribution in [0.4, 0.5) is 4.79 Å². The van der Waals surface area contributed by atoms with Crippen molar-refractivity contribution in [3.63, 3.8) is 0 Å². The molecule has 0 aromatic rings. The first-order valence-electron chi connectivity index (χ1n) is 6.13. The van der Waals surface area contributed by atoms with Crippen LogP contribution in [0.5, 0.6) is 0 Å². The van der Waals surface area contributed by atoms with Gasteiger partial charge in [0.15, 0.2) is 0 Å². The van der Waals surface area contributed by atoms with Gasteiger partial charge in [-0.3, -0.25) is 0 Å². The number of carboxylic acid groups (broad SMARTS) is 1. The molecular formula is C11H18N2O4S. The van der Waals surface area contributed by atoms with Gasteiger partial charge in [-0.2, -0.15) is 11.8 Å². The first-order valence-corrected chi connectivity index (χ1v) is 7.29. The Morgan fingerprint density at radius 1 is 1.17 bits per heavy atom. The van der Waals surface area contributed by atoms with Crippen LogP contribution in [0.3, 0.4) is 0 Å². The third-order valence-electron chi connectivity index (χ3n) is 3.39. The molecule has 18 heavy (non-hydrogen) atoms. The maximum atomic E-state index is 12.3. The fourth-order valence-corrected chi connectivity index (χ4v) is 3.31. The first kappa shape index (κ1) is 13.5. The Morgan fingerprint density at radius 3 is 2.44 bits per heavy atom. The van der Waals surface area contributed by atoms with Crippen LogP contribution in [0.1, 0.15) is 12.8 Å². The molecule has 0 aromatic carbocycles. The van der Waals surface area contributed by atoms with E-state index in [1.165, 1.54) is 4.90 Å². The third kappa shape index (κ3) is 2.89. The van der Waals surface area contributed by atoms with E-state index in [1.807, 2.05) is 0 Å². The van der Waals surface area contributed by atoms with Crippen LogP contribution in [0, 0.1) is 0 Å². The quantitative estimate of drug-likeness (QED) is 0.707. The molecule has 0 aliphatic carbocycles. The van der Waals surface area contributed by atoms with Crippen LogP contribution >= 0.6 is 11.8 Å². The van der Waals surface area contributed by atoms with Gasteiger partial charge in [0.2, 0.25) is 0 Å². The standard InChI is InChI=1S/C11H18N2O4S/c14-8-1-3-12(4-2-8)11(17)13-5-6-18-7-9(13)10(15)16/h8-9,14H,1-7H2,(H,15,16). The Kier molecular flexibility index (Phi) is 4.34. The van der Waals surface area contributed by atoms with Crippen LogP contribution < -0.4 is 0 Å². The van der Waals surface area contributed by atoms with Crippen molar-refractivity contribution >= 4 is 23.8 Å². The highest BCUT2D eigenvalue weighted by Gasteiger charge is 2.35. The molecule has 2 fully saturated rings. The molecule has 2 rings (SSSR count). The normalized spacial score (nSPS) is 26.2. The number of aliphatic carboxylic acids is 1. The van der Waals surface area contributed by atoms with Crippen LogP contribution in [-0.2, 0) is 4.79 Å². The number of piperidine rings is 1. The Hall–Kier alpha value is -0.950. The van der Waals surface area contributed by atoms with Gasteiger partial charge in [-0.25, -0.2) is 9.59 Å². The first-order chi connectivity index (χ1) is 8.59. The van der Waals surface area contributed by atoms with Gasteiger partial charge in [0.05, 0.1) is 6.10 Å². The summed E-state index contributed by atoms with van der Waals surface area (Å²) in [4.78, 5) is 26.5. The number of hydrogen-bond donors (Lipinski definition) is 2. The number of carbonyl (C=O) groups excluding carboxylic acids is 1. The van der Waals surface area contributed by atoms with E-state index in [1.54, 1.807) is 16.7 Å². The second-order valence-electron chi connectivity index (χ2n) is 4.62. The number of carbonyl (C=O) groups is 2. The molecule has 0 radical (unpaired) electrons. The van der Waals surface area contributed by atoms with Crippen molar-refractivity contribution in [2.75, 3.05) is 31.1 Å². The minimum absolute atomic E-state index is 0.199. The second kappa shape index (κ2) is 5.79. The number of thioether (sulfide) groups is 1. The van der Waals surface area contributed by atoms with Crippen molar-refractivity contribution in [1.29, 1.82) is 0 Å². The molecule has 0 aromatic heterocycles. The monoisotopic (exact) mass is 274 g/mol. The molecule has 2 aliphatic rings. The molecule has 1 unspecified atom stereocenters. The van der Waals surface area contributed by atoms with E-state index < -0.39 is 12.0 Å². The maximum absolute atomic E-state index is 12.3. The molecule has 2 amide bonds. The van der Waals surface area contributed by atoms with Crippen LogP contribution in [0.25, 0.3) is 0 Å². The van der Waals surface area contributed by atoms with E-state index in [0.717, 1.165) is 5.75 Å². The van der Waals surface area contributed by atoms with E-state index >= 15 is 0 Å². The van der Waals surface area contributed by atoms with Gasteiger partial charge in [0, 0.05) is 31.1 Å². The van der Waals surface area contributed by atoms with Crippen molar-refractivity contribution in [2.45, 2.75) is 25.0 Å². The Bertz CT molecular complexity index is 331. The summed E-state index contributed by atoms with van der Waals surface area (Å²) in [7, 11) is 0. The summed E-state index contributed by atoms with van der Waals surface area (Å²) in [5, 5.41) is 18.5. The lowest BCUT2D eigenvalue weighted by molar-refractivity contribution is -0.141. The number of likely N-dealkylation sites (tertiary alicyclic amines) is 1. The molecule has 102 valence electrons. The van der Waals surface area contributed by atoms with Crippen molar-refractivity contribution in [1.82, 2.24) is 9.80 Å². The highest BCUT2D eigenvalue weighted by molar-refractivity contribution is 7.99. The predicted octanol–water partition coefficient (Wildman–Crippen LogP) is 0.0651. The smallest absolute Gasteiger partial charge is 0.327 e. The highest BCUT2D eigenvalue weighted by atomic mass is 32.2. The number of rotatable bonds is 1. The zero-order valence-corrected chi connectivity index (χ0v) is 10.9. The predicted molar refractivity (Wildman–Crippen MR) is 67.7 cm³/mol. The van der Waals surface area contributed by atoms with E-state index in [9.17, 15) is 14.7 Å². The van der Waals surface area contributed by atoms with Crippen molar-refractivity contribution in [3.05, 3.63) is 0 Å². The largest absolute Gasteiger partial charge is 0.480 e. The fraction of sp³-hybridized carbons (Fsp3) is 0.818. The molecule has 1 atom stereocenters. The Balaban J connectivity index is 2.00. The summed E-state index contributed by atoms with van der Waals surface area (Å²) in [6, 6.07) is -0.919. The van der Waals surface area contributed by atoms with E-state index in [4.69, 9.17) is 5.11 Å². The highest BCUT2D eigenvalue weighted by Crippen LogP contribution is 2.20. The molecule has 2 saturated heterocycles. The number of carboxylic acids is 1. The van der Waals surface area contributed by atoms with Crippen molar-refractivity contribution in [3.8, 4) is 0 Å². The molecule has 7 heteroatoms. The van der Waals surface area contributed by atoms with E-state index in [0.29, 0.717) is 38.2 Å². The van der Waals surface area contributed by atoms with Crippen LogP contribution in [0.2, 0.25) is 0 Å². The molecule has 0 bridgehead atoms. The Labute approximate surface area is 110 Å². The minimum atomic E-state index is -0.937. The molecule has 0 saturated carbocycles. The second-order valence-corrected chi connectivity index (χ2v) is 5.77. The number of urea groups is 1. The molecule has 2 aliphatic heterocycles. The molecule has 2 N–H and O–H groups in total. The number of nitrogens with zero attached hydrogens (tertiary/aromatic N) is 2. The number of hydrogen-bond acceptors (Lipinski definition) is 4. The van der Waals surface area contributed by atoms with Crippen LogP contribution in [0.15, 0.2) is 0 Å². The SMILES string of the molecule is O=C(O)C1CSCCN1C(=O)N1CCC(O)CC1.